The van der Waals surface area contributed by atoms with Gasteiger partial charge in [-0.2, -0.15) is 5.10 Å². The molecule has 13 heteroatoms. The number of H-pyrrole nitrogens is 1. The van der Waals surface area contributed by atoms with Gasteiger partial charge in [0, 0.05) is 57.1 Å². The molecule has 4 heterocycles. The fourth-order valence-electron chi connectivity index (χ4n) is 7.39. The number of piperazine rings is 1. The van der Waals surface area contributed by atoms with Crippen molar-refractivity contribution in [3.05, 3.63) is 46.8 Å². The van der Waals surface area contributed by atoms with E-state index >= 15 is 0 Å². The lowest BCUT2D eigenvalue weighted by Crippen LogP contribution is -2.73. The van der Waals surface area contributed by atoms with Crippen molar-refractivity contribution in [3.8, 4) is 0 Å². The van der Waals surface area contributed by atoms with E-state index in [0.717, 1.165) is 48.4 Å². The highest BCUT2D eigenvalue weighted by Crippen LogP contribution is 2.40. The van der Waals surface area contributed by atoms with Crippen LogP contribution in [0.3, 0.4) is 0 Å². The summed E-state index contributed by atoms with van der Waals surface area (Å²) in [4.78, 5) is 34.3. The maximum absolute atomic E-state index is 13.9. The Morgan fingerprint density at radius 3 is 2.32 bits per heavy atom. The third kappa shape index (κ3) is 7.75. The SMILES string of the molecule is CCCCN1C(=O)[C@H](CC(C)C)NC(=O)C12CCN(C(c1ccc(S(=O)(=O)NCCN3CCOCC3)cc1)c1c(C)n[nH]c1C)CC2. The van der Waals surface area contributed by atoms with Gasteiger partial charge in [0.25, 0.3) is 0 Å². The number of carbonyl (C=O) groups is 2. The van der Waals surface area contributed by atoms with Gasteiger partial charge in [0.05, 0.1) is 29.8 Å². The lowest BCUT2D eigenvalue weighted by molar-refractivity contribution is -0.162. The highest BCUT2D eigenvalue weighted by Gasteiger charge is 2.54. The van der Waals surface area contributed by atoms with Crippen LogP contribution < -0.4 is 10.0 Å². The second-order valence-electron chi connectivity index (χ2n) is 13.7. The average Bonchev–Trinajstić information content (AvgIpc) is 3.38. The van der Waals surface area contributed by atoms with Crippen molar-refractivity contribution in [2.24, 2.45) is 5.92 Å². The summed E-state index contributed by atoms with van der Waals surface area (Å²) in [5.74, 6) is 0.289. The van der Waals surface area contributed by atoms with Crippen LogP contribution in [0.1, 0.15) is 81.4 Å². The molecule has 1 spiro atoms. The summed E-state index contributed by atoms with van der Waals surface area (Å²) in [7, 11) is -3.68. The molecule has 47 heavy (non-hydrogen) atoms. The van der Waals surface area contributed by atoms with E-state index in [1.54, 1.807) is 12.1 Å². The molecule has 0 bridgehead atoms. The lowest BCUT2D eigenvalue weighted by Gasteiger charge is -2.52. The number of hydrogen-bond acceptors (Lipinski definition) is 8. The molecule has 260 valence electrons. The molecule has 0 aliphatic carbocycles. The van der Waals surface area contributed by atoms with Crippen molar-refractivity contribution >= 4 is 21.8 Å². The van der Waals surface area contributed by atoms with Gasteiger partial charge in [-0.1, -0.05) is 39.3 Å². The molecule has 2 atom stereocenters. The number of nitrogens with zero attached hydrogens (tertiary/aromatic N) is 4. The summed E-state index contributed by atoms with van der Waals surface area (Å²) in [6.07, 6.45) is 3.47. The predicted molar refractivity (Wildman–Crippen MR) is 180 cm³/mol. The van der Waals surface area contributed by atoms with Crippen molar-refractivity contribution in [3.63, 3.8) is 0 Å². The number of aromatic amines is 1. The van der Waals surface area contributed by atoms with Crippen LogP contribution >= 0.6 is 0 Å². The highest BCUT2D eigenvalue weighted by atomic mass is 32.2. The molecule has 1 unspecified atom stereocenters. The van der Waals surface area contributed by atoms with Crippen molar-refractivity contribution in [1.29, 1.82) is 0 Å². The van der Waals surface area contributed by atoms with Crippen molar-refractivity contribution < 1.29 is 22.7 Å². The van der Waals surface area contributed by atoms with Crippen LogP contribution in [0.4, 0.5) is 0 Å². The number of amides is 2. The molecular weight excluding hydrogens is 618 g/mol. The zero-order chi connectivity index (χ0) is 33.8. The number of morpholine rings is 1. The van der Waals surface area contributed by atoms with E-state index in [1.165, 1.54) is 0 Å². The average molecular weight is 672 g/mol. The molecule has 3 aliphatic rings. The van der Waals surface area contributed by atoms with Gasteiger partial charge < -0.3 is 15.0 Å². The molecule has 3 aliphatic heterocycles. The van der Waals surface area contributed by atoms with Crippen LogP contribution in [0.25, 0.3) is 0 Å². The van der Waals surface area contributed by atoms with E-state index in [9.17, 15) is 18.0 Å². The largest absolute Gasteiger partial charge is 0.379 e. The Morgan fingerprint density at radius 2 is 1.72 bits per heavy atom. The normalized spacial score (nSPS) is 21.8. The maximum Gasteiger partial charge on any atom is 0.246 e. The summed E-state index contributed by atoms with van der Waals surface area (Å²) in [5.41, 5.74) is 2.95. The van der Waals surface area contributed by atoms with Crippen molar-refractivity contribution in [1.82, 2.24) is 34.9 Å². The molecule has 0 radical (unpaired) electrons. The van der Waals surface area contributed by atoms with Gasteiger partial charge in [-0.3, -0.25) is 24.5 Å². The number of nitrogens with one attached hydrogen (secondary N) is 3. The Labute approximate surface area is 280 Å². The third-order valence-electron chi connectivity index (χ3n) is 10.0. The number of piperidine rings is 1. The van der Waals surface area contributed by atoms with Crippen LogP contribution in [-0.2, 0) is 24.3 Å². The number of aromatic nitrogens is 2. The minimum absolute atomic E-state index is 0.0358. The van der Waals surface area contributed by atoms with Gasteiger partial charge in [0.1, 0.15) is 11.6 Å². The summed E-state index contributed by atoms with van der Waals surface area (Å²) in [6.45, 7) is 15.9. The van der Waals surface area contributed by atoms with Gasteiger partial charge in [-0.15, -0.1) is 0 Å². The van der Waals surface area contributed by atoms with Crippen LogP contribution in [-0.4, -0.2) is 116 Å². The number of aryl methyl sites for hydroxylation is 2. The van der Waals surface area contributed by atoms with E-state index in [-0.39, 0.29) is 22.8 Å². The first-order chi connectivity index (χ1) is 22.5. The predicted octanol–water partition coefficient (Wildman–Crippen LogP) is 2.73. The first kappa shape index (κ1) is 35.5. The number of hydrogen-bond donors (Lipinski definition) is 3. The van der Waals surface area contributed by atoms with Gasteiger partial charge in [-0.25, -0.2) is 13.1 Å². The van der Waals surface area contributed by atoms with Gasteiger partial charge in [-0.05, 0) is 63.1 Å². The summed E-state index contributed by atoms with van der Waals surface area (Å²) in [6, 6.07) is 6.44. The quantitative estimate of drug-likeness (QED) is 0.296. The Bertz CT molecular complexity index is 1460. The maximum atomic E-state index is 13.9. The summed E-state index contributed by atoms with van der Waals surface area (Å²) >= 11 is 0. The molecule has 2 aromatic rings. The first-order valence-corrected chi connectivity index (χ1v) is 18.7. The number of benzene rings is 1. The number of carbonyl (C=O) groups excluding carboxylic acids is 2. The molecule has 12 nitrogen and oxygen atoms in total. The Hall–Kier alpha value is -2.84. The van der Waals surface area contributed by atoms with Gasteiger partial charge in [0.15, 0.2) is 0 Å². The van der Waals surface area contributed by atoms with Crippen molar-refractivity contribution in [2.45, 2.75) is 89.2 Å². The van der Waals surface area contributed by atoms with Gasteiger partial charge >= 0.3 is 0 Å². The number of unbranched alkanes of at least 4 members (excludes halogenated alkanes) is 1. The molecule has 2 amide bonds. The van der Waals surface area contributed by atoms with E-state index in [2.05, 4.69) is 50.8 Å². The van der Waals surface area contributed by atoms with Crippen LogP contribution in [0.5, 0.6) is 0 Å². The Kier molecular flexibility index (Phi) is 11.4. The summed E-state index contributed by atoms with van der Waals surface area (Å²) < 4.78 is 34.4. The number of rotatable bonds is 13. The fourth-order valence-corrected chi connectivity index (χ4v) is 8.42. The van der Waals surface area contributed by atoms with Crippen LogP contribution in [0, 0.1) is 19.8 Å². The summed E-state index contributed by atoms with van der Waals surface area (Å²) in [5, 5.41) is 10.7. The molecule has 5 rings (SSSR count). The van der Waals surface area contributed by atoms with E-state index in [4.69, 9.17) is 4.74 Å². The molecule has 1 aromatic heterocycles. The third-order valence-corrected chi connectivity index (χ3v) is 11.5. The standard InChI is InChI=1S/C34H53N7O5S/c1-6-7-15-41-32(42)29(23-24(2)3)36-33(43)34(41)12-16-40(17-13-34)31(30-25(4)37-38-26(30)5)27-8-10-28(11-9-27)47(44,45)35-14-18-39-19-21-46-22-20-39/h8-11,24,29,31,35H,6-7,12-23H2,1-5H3,(H,36,43)(H,37,38)/t29-,31?/m0/s1. The second kappa shape index (κ2) is 15.1. The topological polar surface area (TPSA) is 140 Å². The van der Waals surface area contributed by atoms with Crippen molar-refractivity contribution in [2.75, 3.05) is 59.0 Å². The zero-order valence-electron chi connectivity index (χ0n) is 28.7. The number of sulfonamides is 1. The van der Waals surface area contributed by atoms with Gasteiger partial charge in [0.2, 0.25) is 21.8 Å². The molecule has 0 saturated carbocycles. The molecule has 3 N–H and O–H groups in total. The number of ether oxygens (including phenoxy) is 1. The Morgan fingerprint density at radius 1 is 1.04 bits per heavy atom. The molecule has 3 saturated heterocycles. The minimum atomic E-state index is -3.68. The molecular formula is C34H53N7O5S. The highest BCUT2D eigenvalue weighted by molar-refractivity contribution is 7.89. The van der Waals surface area contributed by atoms with E-state index in [0.29, 0.717) is 71.1 Å². The lowest BCUT2D eigenvalue weighted by atomic mass is 9.79. The van der Waals surface area contributed by atoms with Crippen LogP contribution in [0.15, 0.2) is 29.2 Å². The molecule has 1 aromatic carbocycles. The minimum Gasteiger partial charge on any atom is -0.379 e. The van der Waals surface area contributed by atoms with E-state index < -0.39 is 21.6 Å². The second-order valence-corrected chi connectivity index (χ2v) is 15.5. The smallest absolute Gasteiger partial charge is 0.246 e. The fraction of sp³-hybridized carbons (Fsp3) is 0.676. The Balaban J connectivity index is 1.35. The van der Waals surface area contributed by atoms with E-state index in [1.807, 2.05) is 30.9 Å². The monoisotopic (exact) mass is 671 g/mol. The zero-order valence-corrected chi connectivity index (χ0v) is 29.5. The first-order valence-electron chi connectivity index (χ1n) is 17.2. The molecule has 3 fully saturated rings. The van der Waals surface area contributed by atoms with Crippen LogP contribution in [0.2, 0.25) is 0 Å². The number of likely N-dealkylation sites (tertiary alicyclic amines) is 1.